The van der Waals surface area contributed by atoms with Gasteiger partial charge in [0.15, 0.2) is 0 Å². The van der Waals surface area contributed by atoms with Gasteiger partial charge in [-0.2, -0.15) is 4.37 Å². The van der Waals surface area contributed by atoms with Crippen molar-refractivity contribution in [2.24, 2.45) is 0 Å². The number of hydrogen-bond donors (Lipinski definition) is 1. The van der Waals surface area contributed by atoms with E-state index in [1.807, 2.05) is 31.2 Å². The molecule has 0 saturated carbocycles. The second kappa shape index (κ2) is 6.38. The number of hydrogen-bond acceptors (Lipinski definition) is 5. The zero-order valence-corrected chi connectivity index (χ0v) is 15.4. The van der Waals surface area contributed by atoms with E-state index in [0.29, 0.717) is 5.69 Å². The van der Waals surface area contributed by atoms with E-state index in [1.165, 1.54) is 21.8 Å². The van der Waals surface area contributed by atoms with Crippen molar-refractivity contribution in [1.82, 2.24) is 9.36 Å². The molecule has 6 heteroatoms. The summed E-state index contributed by atoms with van der Waals surface area (Å²) in [5.74, 6) is -0.187. The molecule has 0 atom stereocenters. The van der Waals surface area contributed by atoms with Gasteiger partial charge < -0.3 is 5.32 Å². The topological polar surface area (TPSA) is 54.9 Å². The minimum absolute atomic E-state index is 0.187. The Balaban J connectivity index is 1.55. The smallest absolute Gasteiger partial charge is 0.275 e. The highest BCUT2D eigenvalue weighted by molar-refractivity contribution is 7.21. The maximum Gasteiger partial charge on any atom is 0.275 e. The summed E-state index contributed by atoms with van der Waals surface area (Å²) in [6.45, 7) is 4.02. The van der Waals surface area contributed by atoms with Gasteiger partial charge in [-0.25, -0.2) is 4.98 Å². The quantitative estimate of drug-likeness (QED) is 0.537. The highest BCUT2D eigenvalue weighted by atomic mass is 32.1. The lowest BCUT2D eigenvalue weighted by Crippen LogP contribution is -2.11. The van der Waals surface area contributed by atoms with E-state index in [4.69, 9.17) is 0 Å². The van der Waals surface area contributed by atoms with Gasteiger partial charge in [0.25, 0.3) is 5.91 Å². The fourth-order valence-corrected chi connectivity index (χ4v) is 4.13. The van der Waals surface area contributed by atoms with Gasteiger partial charge >= 0.3 is 0 Å². The molecule has 0 saturated heterocycles. The second-order valence-corrected chi connectivity index (χ2v) is 7.88. The Bertz CT molecular complexity index is 1060. The number of aryl methyl sites for hydroxylation is 2. The number of aromatic nitrogens is 2. The molecule has 0 aliphatic heterocycles. The summed E-state index contributed by atoms with van der Waals surface area (Å²) in [7, 11) is 0. The van der Waals surface area contributed by atoms with Crippen molar-refractivity contribution >= 4 is 44.7 Å². The number of carbonyl (C=O) groups excluding carboxylic acids is 1. The number of benzene rings is 2. The number of thiazole rings is 1. The number of rotatable bonds is 3. The summed E-state index contributed by atoms with van der Waals surface area (Å²) in [4.78, 5) is 17.9. The average molecular weight is 365 g/mol. The minimum atomic E-state index is -0.187. The van der Waals surface area contributed by atoms with Crippen molar-refractivity contribution in [2.75, 3.05) is 5.32 Å². The van der Waals surface area contributed by atoms with Crippen LogP contribution < -0.4 is 5.32 Å². The van der Waals surface area contributed by atoms with E-state index in [-0.39, 0.29) is 5.91 Å². The lowest BCUT2D eigenvalue weighted by atomic mass is 10.2. The van der Waals surface area contributed by atoms with Gasteiger partial charge in [-0.1, -0.05) is 6.07 Å². The summed E-state index contributed by atoms with van der Waals surface area (Å²) in [6.07, 6.45) is 0. The molecule has 0 aliphatic rings. The number of nitrogens with zero attached hydrogens (tertiary/aromatic N) is 2. The van der Waals surface area contributed by atoms with Crippen LogP contribution in [-0.4, -0.2) is 15.3 Å². The van der Waals surface area contributed by atoms with Crippen LogP contribution >= 0.6 is 22.9 Å². The highest BCUT2D eigenvalue weighted by Crippen LogP contribution is 2.31. The molecule has 4 aromatic rings. The van der Waals surface area contributed by atoms with Crippen LogP contribution in [-0.2, 0) is 0 Å². The predicted molar refractivity (Wildman–Crippen MR) is 105 cm³/mol. The van der Waals surface area contributed by atoms with Crippen LogP contribution in [0.3, 0.4) is 0 Å². The Hall–Kier alpha value is -2.57. The predicted octanol–water partition coefficient (Wildman–Crippen LogP) is 5.29. The fourth-order valence-electron chi connectivity index (χ4n) is 2.52. The first-order chi connectivity index (χ1) is 12.1. The first kappa shape index (κ1) is 15.9. The zero-order valence-electron chi connectivity index (χ0n) is 13.7. The largest absolute Gasteiger partial charge is 0.321 e. The third-order valence-electron chi connectivity index (χ3n) is 3.79. The Morgan fingerprint density at radius 1 is 1.04 bits per heavy atom. The number of anilines is 1. The standard InChI is InChI=1S/C19H15N3OS2/c1-11-3-8-15-17(9-11)24-19(21-15)13-4-6-14(7-5-13)20-18(23)16-10-12(2)25-22-16/h3-10H,1-2H3,(H,20,23). The van der Waals surface area contributed by atoms with Gasteiger partial charge in [0.05, 0.1) is 10.2 Å². The first-order valence-electron chi connectivity index (χ1n) is 7.81. The summed E-state index contributed by atoms with van der Waals surface area (Å²) < 4.78 is 5.32. The van der Waals surface area contributed by atoms with E-state index in [1.54, 1.807) is 17.4 Å². The van der Waals surface area contributed by atoms with Crippen LogP contribution in [0.4, 0.5) is 5.69 Å². The molecule has 0 fully saturated rings. The van der Waals surface area contributed by atoms with Crippen LogP contribution in [0, 0.1) is 13.8 Å². The molecule has 0 aliphatic carbocycles. The SMILES string of the molecule is Cc1ccc2nc(-c3ccc(NC(=O)c4cc(C)sn4)cc3)sc2c1. The van der Waals surface area contributed by atoms with Gasteiger partial charge in [-0.05, 0) is 73.4 Å². The zero-order chi connectivity index (χ0) is 17.4. The Morgan fingerprint density at radius 2 is 1.84 bits per heavy atom. The van der Waals surface area contributed by atoms with Crippen molar-refractivity contribution in [3.63, 3.8) is 0 Å². The van der Waals surface area contributed by atoms with Crippen molar-refractivity contribution in [2.45, 2.75) is 13.8 Å². The molecule has 4 rings (SSSR count). The van der Waals surface area contributed by atoms with E-state index in [2.05, 4.69) is 39.8 Å². The van der Waals surface area contributed by atoms with Gasteiger partial charge in [-0.15, -0.1) is 11.3 Å². The molecule has 4 nitrogen and oxygen atoms in total. The maximum atomic E-state index is 12.2. The molecule has 2 heterocycles. The number of nitrogens with one attached hydrogen (secondary N) is 1. The van der Waals surface area contributed by atoms with E-state index < -0.39 is 0 Å². The Kier molecular flexibility index (Phi) is 4.07. The molecule has 2 aromatic carbocycles. The summed E-state index contributed by atoms with van der Waals surface area (Å²) >= 11 is 3.01. The van der Waals surface area contributed by atoms with Crippen LogP contribution in [0.2, 0.25) is 0 Å². The van der Waals surface area contributed by atoms with E-state index >= 15 is 0 Å². The molecule has 1 amide bonds. The van der Waals surface area contributed by atoms with Crippen molar-refractivity contribution in [1.29, 1.82) is 0 Å². The van der Waals surface area contributed by atoms with E-state index in [0.717, 1.165) is 26.7 Å². The number of fused-ring (bicyclic) bond motifs is 1. The molecule has 124 valence electrons. The summed E-state index contributed by atoms with van der Waals surface area (Å²) in [5.41, 5.74) is 4.49. The molecule has 0 radical (unpaired) electrons. The van der Waals surface area contributed by atoms with Gasteiger partial charge in [0, 0.05) is 16.1 Å². The van der Waals surface area contributed by atoms with Gasteiger partial charge in [-0.3, -0.25) is 4.79 Å². The van der Waals surface area contributed by atoms with Crippen LogP contribution in [0.15, 0.2) is 48.5 Å². The highest BCUT2D eigenvalue weighted by Gasteiger charge is 2.11. The lowest BCUT2D eigenvalue weighted by molar-refractivity contribution is 0.102. The number of amides is 1. The first-order valence-corrected chi connectivity index (χ1v) is 9.40. The molecule has 2 aromatic heterocycles. The summed E-state index contributed by atoms with van der Waals surface area (Å²) in [6, 6.07) is 15.8. The Morgan fingerprint density at radius 3 is 2.56 bits per heavy atom. The third kappa shape index (κ3) is 3.31. The van der Waals surface area contributed by atoms with E-state index in [9.17, 15) is 4.79 Å². The molecule has 25 heavy (non-hydrogen) atoms. The normalized spacial score (nSPS) is 11.0. The minimum Gasteiger partial charge on any atom is -0.321 e. The van der Waals surface area contributed by atoms with Gasteiger partial charge in [0.2, 0.25) is 0 Å². The Labute approximate surface area is 153 Å². The van der Waals surface area contributed by atoms with Crippen molar-refractivity contribution < 1.29 is 4.79 Å². The molecule has 1 N–H and O–H groups in total. The third-order valence-corrected chi connectivity index (χ3v) is 5.56. The molecule has 0 unspecified atom stereocenters. The van der Waals surface area contributed by atoms with Crippen LogP contribution in [0.1, 0.15) is 20.9 Å². The monoisotopic (exact) mass is 365 g/mol. The maximum absolute atomic E-state index is 12.2. The second-order valence-electron chi connectivity index (χ2n) is 5.84. The van der Waals surface area contributed by atoms with Crippen molar-refractivity contribution in [3.05, 3.63) is 64.7 Å². The molecular weight excluding hydrogens is 350 g/mol. The van der Waals surface area contributed by atoms with Crippen molar-refractivity contribution in [3.8, 4) is 10.6 Å². The molecule has 0 spiro atoms. The molecular formula is C19H15N3OS2. The van der Waals surface area contributed by atoms with Crippen LogP contribution in [0.5, 0.6) is 0 Å². The summed E-state index contributed by atoms with van der Waals surface area (Å²) in [5, 5.41) is 3.85. The number of carbonyl (C=O) groups is 1. The van der Waals surface area contributed by atoms with Gasteiger partial charge in [0.1, 0.15) is 10.7 Å². The molecule has 0 bridgehead atoms. The lowest BCUT2D eigenvalue weighted by Gasteiger charge is -2.04. The van der Waals surface area contributed by atoms with Crippen LogP contribution in [0.25, 0.3) is 20.8 Å². The average Bonchev–Trinajstić information content (AvgIpc) is 3.21. The fraction of sp³-hybridized carbons (Fsp3) is 0.105.